The Hall–Kier alpha value is -1.94. The van der Waals surface area contributed by atoms with Gasteiger partial charge in [0.2, 0.25) is 0 Å². The Morgan fingerprint density at radius 1 is 1.11 bits per heavy atom. The van der Waals surface area contributed by atoms with Gasteiger partial charge >= 0.3 is 0 Å². The third-order valence-electron chi connectivity index (χ3n) is 6.44. The van der Waals surface area contributed by atoms with E-state index in [0.29, 0.717) is 24.3 Å². The summed E-state index contributed by atoms with van der Waals surface area (Å²) < 4.78 is 35.2. The molecule has 0 aromatic heterocycles. The van der Waals surface area contributed by atoms with E-state index in [1.54, 1.807) is 12.1 Å². The van der Waals surface area contributed by atoms with Crippen molar-refractivity contribution < 1.29 is 18.3 Å². The number of Topliss-reactive ketones (excluding diaryl/α,β-unsaturated/α-hetero) is 1. The van der Waals surface area contributed by atoms with Crippen molar-refractivity contribution in [3.05, 3.63) is 64.2 Å². The predicted octanol–water partition coefficient (Wildman–Crippen LogP) is 5.50. The molecule has 0 spiro atoms. The first-order valence-corrected chi connectivity index (χ1v) is 9.52. The molecule has 0 saturated heterocycles. The molecular formula is C22H21ClF2O2. The van der Waals surface area contributed by atoms with Crippen LogP contribution in [-0.2, 0) is 16.6 Å². The molecule has 0 amide bonds. The number of hydrogen-bond donors (Lipinski definition) is 0. The Bertz CT molecular complexity index is 907. The fourth-order valence-electron chi connectivity index (χ4n) is 4.96. The van der Waals surface area contributed by atoms with Crippen molar-refractivity contribution in [2.75, 3.05) is 6.61 Å². The molecule has 5 heteroatoms. The van der Waals surface area contributed by atoms with E-state index in [1.165, 1.54) is 0 Å². The fraction of sp³-hybridized carbons (Fsp3) is 0.409. The normalized spacial score (nSPS) is 26.1. The Balaban J connectivity index is 1.93. The molecule has 1 heterocycles. The maximum Gasteiger partial charge on any atom is 0.165 e. The molecule has 2 aromatic carbocycles. The van der Waals surface area contributed by atoms with Gasteiger partial charge in [-0.25, -0.2) is 8.78 Å². The van der Waals surface area contributed by atoms with Crippen molar-refractivity contribution in [1.82, 2.24) is 0 Å². The second-order valence-corrected chi connectivity index (χ2v) is 8.64. The lowest BCUT2D eigenvalue weighted by Gasteiger charge is -2.54. The molecule has 2 atom stereocenters. The lowest BCUT2D eigenvalue weighted by molar-refractivity contribution is -0.139. The van der Waals surface area contributed by atoms with Crippen LogP contribution in [0.15, 0.2) is 36.4 Å². The van der Waals surface area contributed by atoms with E-state index in [-0.39, 0.29) is 29.6 Å². The minimum absolute atomic E-state index is 0.00892. The number of benzene rings is 2. The number of halogens is 3. The summed E-state index contributed by atoms with van der Waals surface area (Å²) in [6, 6.07) is 9.66. The number of ether oxygens (including phenoxy) is 1. The van der Waals surface area contributed by atoms with Crippen LogP contribution in [0.25, 0.3) is 0 Å². The Morgan fingerprint density at radius 3 is 2.48 bits per heavy atom. The van der Waals surface area contributed by atoms with Crippen molar-refractivity contribution in [3.8, 4) is 5.75 Å². The molecule has 0 bridgehead atoms. The van der Waals surface area contributed by atoms with Crippen LogP contribution >= 0.6 is 11.6 Å². The summed E-state index contributed by atoms with van der Waals surface area (Å²) in [7, 11) is 0. The highest BCUT2D eigenvalue weighted by Crippen LogP contribution is 2.57. The largest absolute Gasteiger partial charge is 0.490 e. The van der Waals surface area contributed by atoms with E-state index in [1.807, 2.05) is 26.0 Å². The summed E-state index contributed by atoms with van der Waals surface area (Å²) in [6.07, 6.45) is 1.31. The molecule has 1 aliphatic carbocycles. The van der Waals surface area contributed by atoms with E-state index < -0.39 is 22.5 Å². The summed E-state index contributed by atoms with van der Waals surface area (Å²) >= 11 is 6.01. The van der Waals surface area contributed by atoms with E-state index in [0.717, 1.165) is 17.7 Å². The van der Waals surface area contributed by atoms with Crippen molar-refractivity contribution in [3.63, 3.8) is 0 Å². The highest BCUT2D eigenvalue weighted by Gasteiger charge is 2.58. The smallest absolute Gasteiger partial charge is 0.165 e. The van der Waals surface area contributed by atoms with Crippen molar-refractivity contribution in [1.29, 1.82) is 0 Å². The zero-order valence-electron chi connectivity index (χ0n) is 15.3. The van der Waals surface area contributed by atoms with Crippen LogP contribution in [-0.4, -0.2) is 12.4 Å². The van der Waals surface area contributed by atoms with Gasteiger partial charge in [0.15, 0.2) is 11.6 Å². The summed E-state index contributed by atoms with van der Waals surface area (Å²) in [4.78, 5) is 12.6. The quantitative estimate of drug-likeness (QED) is 0.677. The van der Waals surface area contributed by atoms with Crippen LogP contribution in [0.5, 0.6) is 5.75 Å². The molecule has 2 nitrogen and oxygen atoms in total. The monoisotopic (exact) mass is 390 g/mol. The first kappa shape index (κ1) is 18.4. The highest BCUT2D eigenvalue weighted by atomic mass is 35.5. The number of fused-ring (bicyclic) bond motifs is 3. The minimum Gasteiger partial charge on any atom is -0.490 e. The van der Waals surface area contributed by atoms with Gasteiger partial charge in [0, 0.05) is 33.8 Å². The second kappa shape index (κ2) is 6.30. The van der Waals surface area contributed by atoms with Gasteiger partial charge in [-0.3, -0.25) is 4.79 Å². The van der Waals surface area contributed by atoms with Gasteiger partial charge in [0.1, 0.15) is 11.6 Å². The van der Waals surface area contributed by atoms with Crippen LogP contribution in [0.1, 0.15) is 37.8 Å². The SMILES string of the molecule is CC1(C)C(=O)CC[C@@]2(Cc3ccc(Cl)cc3)c3c(F)ccc(F)c3OC[C@@H]12. The number of carbonyl (C=O) groups excluding carboxylic acids is 1. The summed E-state index contributed by atoms with van der Waals surface area (Å²) in [5.74, 6) is -1.15. The van der Waals surface area contributed by atoms with Gasteiger partial charge in [-0.1, -0.05) is 37.6 Å². The lowest BCUT2D eigenvalue weighted by atomic mass is 9.50. The Labute approximate surface area is 162 Å². The molecule has 142 valence electrons. The zero-order valence-corrected chi connectivity index (χ0v) is 16.1. The average Bonchev–Trinajstić information content (AvgIpc) is 2.63. The molecule has 2 aliphatic rings. The third-order valence-corrected chi connectivity index (χ3v) is 6.69. The van der Waals surface area contributed by atoms with Gasteiger partial charge in [0.25, 0.3) is 0 Å². The van der Waals surface area contributed by atoms with Gasteiger partial charge in [-0.15, -0.1) is 0 Å². The molecule has 27 heavy (non-hydrogen) atoms. The standard InChI is InChI=1S/C22H21ClF2O2/c1-21(2)17-12-27-20-16(25)8-7-15(24)19(20)22(17,10-9-18(21)26)11-13-3-5-14(23)6-4-13/h3-8,17H,9-12H2,1-2H3/t17-,22-/m0/s1. The van der Waals surface area contributed by atoms with Crippen LogP contribution in [0.4, 0.5) is 8.78 Å². The molecule has 2 aromatic rings. The Kier molecular flexibility index (Phi) is 4.30. The Morgan fingerprint density at radius 2 is 1.78 bits per heavy atom. The second-order valence-electron chi connectivity index (χ2n) is 8.20. The molecule has 0 radical (unpaired) electrons. The predicted molar refractivity (Wildman–Crippen MR) is 100 cm³/mol. The maximum absolute atomic E-state index is 15.0. The van der Waals surface area contributed by atoms with Gasteiger partial charge in [0.05, 0.1) is 6.61 Å². The molecule has 1 fully saturated rings. The molecular weight excluding hydrogens is 370 g/mol. The zero-order chi connectivity index (χ0) is 19.4. The molecule has 0 unspecified atom stereocenters. The first-order chi connectivity index (χ1) is 12.8. The van der Waals surface area contributed by atoms with Crippen molar-refractivity contribution in [2.45, 2.75) is 38.5 Å². The lowest BCUT2D eigenvalue weighted by Crippen LogP contribution is -2.57. The summed E-state index contributed by atoms with van der Waals surface area (Å²) in [6.45, 7) is 3.97. The van der Waals surface area contributed by atoms with Crippen LogP contribution in [0.3, 0.4) is 0 Å². The number of carbonyl (C=O) groups is 1. The first-order valence-electron chi connectivity index (χ1n) is 9.15. The maximum atomic E-state index is 15.0. The summed E-state index contributed by atoms with van der Waals surface area (Å²) in [5, 5.41) is 0.622. The van der Waals surface area contributed by atoms with Crippen LogP contribution in [0.2, 0.25) is 5.02 Å². The molecule has 1 saturated carbocycles. The topological polar surface area (TPSA) is 26.3 Å². The van der Waals surface area contributed by atoms with Crippen molar-refractivity contribution >= 4 is 17.4 Å². The number of ketones is 1. The highest BCUT2D eigenvalue weighted by molar-refractivity contribution is 6.30. The molecule has 1 aliphatic heterocycles. The van der Waals surface area contributed by atoms with Gasteiger partial charge in [-0.05, 0) is 42.7 Å². The van der Waals surface area contributed by atoms with E-state index >= 15 is 4.39 Å². The van der Waals surface area contributed by atoms with Crippen LogP contribution < -0.4 is 4.74 Å². The minimum atomic E-state index is -0.703. The van der Waals surface area contributed by atoms with Gasteiger partial charge < -0.3 is 4.74 Å². The third kappa shape index (κ3) is 2.77. The van der Waals surface area contributed by atoms with Gasteiger partial charge in [-0.2, -0.15) is 0 Å². The van der Waals surface area contributed by atoms with Crippen LogP contribution in [0, 0.1) is 23.0 Å². The average molecular weight is 391 g/mol. The van der Waals surface area contributed by atoms with E-state index in [2.05, 4.69) is 0 Å². The fourth-order valence-corrected chi connectivity index (χ4v) is 5.08. The molecule has 4 rings (SSSR count). The summed E-state index contributed by atoms with van der Waals surface area (Å²) in [5.41, 5.74) is -0.132. The van der Waals surface area contributed by atoms with Crippen molar-refractivity contribution in [2.24, 2.45) is 11.3 Å². The number of hydrogen-bond acceptors (Lipinski definition) is 2. The van der Waals surface area contributed by atoms with E-state index in [9.17, 15) is 9.18 Å². The number of rotatable bonds is 2. The molecule has 0 N–H and O–H groups in total. The van der Waals surface area contributed by atoms with E-state index in [4.69, 9.17) is 16.3 Å².